The number of nitrogens with zero attached hydrogens (tertiary/aromatic N) is 2. The lowest BCUT2D eigenvalue weighted by Crippen LogP contribution is -2.04. The van der Waals surface area contributed by atoms with E-state index in [9.17, 15) is 4.79 Å². The largest absolute Gasteiger partial charge is 0.481 e. The first-order valence-electron chi connectivity index (χ1n) is 6.77. The van der Waals surface area contributed by atoms with Gasteiger partial charge in [0.05, 0.1) is 0 Å². The van der Waals surface area contributed by atoms with E-state index in [1.165, 1.54) is 0 Å². The Bertz CT molecular complexity index is 566. The van der Waals surface area contributed by atoms with E-state index in [-0.39, 0.29) is 6.10 Å². The lowest BCUT2D eigenvalue weighted by molar-refractivity contribution is 0.112. The second kappa shape index (κ2) is 6.84. The molecule has 0 aliphatic heterocycles. The Morgan fingerprint density at radius 3 is 3.05 bits per heavy atom. The molecule has 0 spiro atoms. The molecule has 20 heavy (non-hydrogen) atoms. The maximum atomic E-state index is 10.7. The van der Waals surface area contributed by atoms with E-state index in [1.54, 1.807) is 24.3 Å². The number of benzene rings is 1. The van der Waals surface area contributed by atoms with E-state index < -0.39 is 0 Å². The highest BCUT2D eigenvalue weighted by Crippen LogP contribution is 2.21. The van der Waals surface area contributed by atoms with Crippen LogP contribution in [0.3, 0.4) is 0 Å². The van der Waals surface area contributed by atoms with Crippen LogP contribution in [0.5, 0.6) is 5.75 Å². The fraction of sp³-hybridized carbons (Fsp3) is 0.400. The van der Waals surface area contributed by atoms with Gasteiger partial charge in [-0.25, -0.2) is 0 Å². The molecule has 5 heteroatoms. The highest BCUT2D eigenvalue weighted by atomic mass is 16.5. The van der Waals surface area contributed by atoms with Gasteiger partial charge in [-0.05, 0) is 25.5 Å². The monoisotopic (exact) mass is 274 g/mol. The molecule has 0 aliphatic rings. The van der Waals surface area contributed by atoms with Gasteiger partial charge in [0.2, 0.25) is 0 Å². The molecule has 1 heterocycles. The average molecular weight is 274 g/mol. The standard InChI is InChI=1S/C15H18N2O3/c1-3-4-8-14-16-15(20-17-14)11(2)19-13-7-5-6-12(9-13)10-18/h5-7,9-11H,3-4,8H2,1-2H3. The first-order chi connectivity index (χ1) is 9.72. The number of carbonyl (C=O) groups is 1. The van der Waals surface area contributed by atoms with E-state index >= 15 is 0 Å². The van der Waals surface area contributed by atoms with Crippen molar-refractivity contribution in [2.45, 2.75) is 39.2 Å². The number of unbranched alkanes of at least 4 members (excludes halogenated alkanes) is 1. The molecule has 0 bridgehead atoms. The van der Waals surface area contributed by atoms with Gasteiger partial charge in [-0.3, -0.25) is 4.79 Å². The summed E-state index contributed by atoms with van der Waals surface area (Å²) in [5.74, 6) is 1.77. The maximum Gasteiger partial charge on any atom is 0.267 e. The van der Waals surface area contributed by atoms with Crippen molar-refractivity contribution >= 4 is 6.29 Å². The molecule has 1 aromatic heterocycles. The Morgan fingerprint density at radius 2 is 2.30 bits per heavy atom. The van der Waals surface area contributed by atoms with E-state index in [1.807, 2.05) is 6.92 Å². The fourth-order valence-corrected chi connectivity index (χ4v) is 1.78. The van der Waals surface area contributed by atoms with Crippen LogP contribution in [0.4, 0.5) is 0 Å². The first-order valence-corrected chi connectivity index (χ1v) is 6.77. The van der Waals surface area contributed by atoms with Crippen molar-refractivity contribution < 1.29 is 14.1 Å². The molecule has 0 saturated heterocycles. The van der Waals surface area contributed by atoms with Gasteiger partial charge in [0, 0.05) is 12.0 Å². The molecular weight excluding hydrogens is 256 g/mol. The summed E-state index contributed by atoms with van der Waals surface area (Å²) in [4.78, 5) is 15.0. The third-order valence-corrected chi connectivity index (χ3v) is 2.89. The summed E-state index contributed by atoms with van der Waals surface area (Å²) in [6, 6.07) is 6.96. The first kappa shape index (κ1) is 14.2. The third kappa shape index (κ3) is 3.66. The Balaban J connectivity index is 2.01. The molecule has 0 radical (unpaired) electrons. The summed E-state index contributed by atoms with van der Waals surface area (Å²) in [6.07, 6.45) is 3.38. The highest BCUT2D eigenvalue weighted by Gasteiger charge is 2.15. The van der Waals surface area contributed by atoms with Crippen LogP contribution < -0.4 is 4.74 Å². The normalized spacial score (nSPS) is 12.1. The van der Waals surface area contributed by atoms with E-state index in [0.717, 1.165) is 25.5 Å². The van der Waals surface area contributed by atoms with E-state index in [4.69, 9.17) is 9.26 Å². The Hall–Kier alpha value is -2.17. The maximum absolute atomic E-state index is 10.7. The van der Waals surface area contributed by atoms with Crippen LogP contribution in [0, 0.1) is 0 Å². The second-order valence-corrected chi connectivity index (χ2v) is 4.60. The number of aryl methyl sites for hydroxylation is 1. The number of aromatic nitrogens is 2. The van der Waals surface area contributed by atoms with Gasteiger partial charge in [0.25, 0.3) is 5.89 Å². The zero-order chi connectivity index (χ0) is 14.4. The molecule has 0 fully saturated rings. The molecule has 1 aromatic carbocycles. The third-order valence-electron chi connectivity index (χ3n) is 2.89. The Labute approximate surface area is 118 Å². The van der Waals surface area contributed by atoms with Crippen LogP contribution in [-0.4, -0.2) is 16.4 Å². The van der Waals surface area contributed by atoms with Gasteiger partial charge in [-0.15, -0.1) is 0 Å². The van der Waals surface area contributed by atoms with Crippen molar-refractivity contribution in [3.63, 3.8) is 0 Å². The molecule has 0 N–H and O–H groups in total. The van der Waals surface area contributed by atoms with Gasteiger partial charge in [0.1, 0.15) is 12.0 Å². The number of rotatable bonds is 7. The lowest BCUT2D eigenvalue weighted by Gasteiger charge is -2.10. The van der Waals surface area contributed by atoms with Crippen LogP contribution in [0.1, 0.15) is 54.9 Å². The lowest BCUT2D eigenvalue weighted by atomic mass is 10.2. The summed E-state index contributed by atoms with van der Waals surface area (Å²) < 4.78 is 10.9. The Kier molecular flexibility index (Phi) is 4.87. The number of carbonyl (C=O) groups excluding carboxylic acids is 1. The number of ether oxygens (including phenoxy) is 1. The second-order valence-electron chi connectivity index (χ2n) is 4.60. The van der Waals surface area contributed by atoms with Crippen LogP contribution in [0.15, 0.2) is 28.8 Å². The van der Waals surface area contributed by atoms with Gasteiger partial charge in [0.15, 0.2) is 11.9 Å². The zero-order valence-electron chi connectivity index (χ0n) is 11.7. The van der Waals surface area contributed by atoms with E-state index in [0.29, 0.717) is 23.0 Å². The van der Waals surface area contributed by atoms with Crippen molar-refractivity contribution in [3.05, 3.63) is 41.5 Å². The minimum atomic E-state index is -0.347. The molecule has 106 valence electrons. The SMILES string of the molecule is CCCCc1noc(C(C)Oc2cccc(C=O)c2)n1. The molecule has 0 saturated carbocycles. The van der Waals surface area contributed by atoms with Crippen LogP contribution >= 0.6 is 0 Å². The average Bonchev–Trinajstić information content (AvgIpc) is 2.94. The number of hydrogen-bond donors (Lipinski definition) is 0. The summed E-state index contributed by atoms with van der Waals surface area (Å²) >= 11 is 0. The summed E-state index contributed by atoms with van der Waals surface area (Å²) in [5.41, 5.74) is 0.573. The molecule has 1 atom stereocenters. The fourth-order valence-electron chi connectivity index (χ4n) is 1.78. The van der Waals surface area contributed by atoms with Gasteiger partial charge >= 0.3 is 0 Å². The predicted octanol–water partition coefficient (Wildman–Crippen LogP) is 3.36. The zero-order valence-corrected chi connectivity index (χ0v) is 11.7. The van der Waals surface area contributed by atoms with Crippen molar-refractivity contribution in [3.8, 4) is 5.75 Å². The molecule has 2 aromatic rings. The minimum Gasteiger partial charge on any atom is -0.481 e. The minimum absolute atomic E-state index is 0.347. The van der Waals surface area contributed by atoms with Crippen molar-refractivity contribution in [2.75, 3.05) is 0 Å². The summed E-state index contributed by atoms with van der Waals surface area (Å²) in [5, 5.41) is 3.93. The van der Waals surface area contributed by atoms with Crippen molar-refractivity contribution in [1.29, 1.82) is 0 Å². The Morgan fingerprint density at radius 1 is 1.45 bits per heavy atom. The molecule has 0 aliphatic carbocycles. The van der Waals surface area contributed by atoms with Crippen molar-refractivity contribution in [1.82, 2.24) is 10.1 Å². The molecular formula is C15H18N2O3. The van der Waals surface area contributed by atoms with Gasteiger partial charge in [-0.2, -0.15) is 4.98 Å². The smallest absolute Gasteiger partial charge is 0.267 e. The van der Waals surface area contributed by atoms with Crippen LogP contribution in [0.2, 0.25) is 0 Å². The van der Waals surface area contributed by atoms with Crippen LogP contribution in [0.25, 0.3) is 0 Å². The molecule has 1 unspecified atom stereocenters. The van der Waals surface area contributed by atoms with E-state index in [2.05, 4.69) is 17.1 Å². The summed E-state index contributed by atoms with van der Waals surface area (Å²) in [6.45, 7) is 3.96. The van der Waals surface area contributed by atoms with Crippen LogP contribution in [-0.2, 0) is 6.42 Å². The van der Waals surface area contributed by atoms with Crippen molar-refractivity contribution in [2.24, 2.45) is 0 Å². The van der Waals surface area contributed by atoms with Gasteiger partial charge in [-0.1, -0.05) is 30.6 Å². The predicted molar refractivity (Wildman–Crippen MR) is 73.8 cm³/mol. The molecule has 5 nitrogen and oxygen atoms in total. The quantitative estimate of drug-likeness (QED) is 0.724. The summed E-state index contributed by atoms with van der Waals surface area (Å²) in [7, 11) is 0. The molecule has 2 rings (SSSR count). The topological polar surface area (TPSA) is 65.2 Å². The number of hydrogen-bond acceptors (Lipinski definition) is 5. The molecule has 0 amide bonds. The number of aldehydes is 1. The highest BCUT2D eigenvalue weighted by molar-refractivity contribution is 5.75. The van der Waals surface area contributed by atoms with Gasteiger partial charge < -0.3 is 9.26 Å².